The molecule has 4 heterocycles. The maximum atomic E-state index is 13.5. The Hall–Kier alpha value is -4.21. The average Bonchev–Trinajstić information content (AvgIpc) is 3.72. The second kappa shape index (κ2) is 13.2. The molecule has 3 aromatic heterocycles. The minimum Gasteiger partial charge on any atom is -0.461 e. The normalized spacial score (nSPS) is 14.8. The van der Waals surface area contributed by atoms with E-state index in [2.05, 4.69) is 33.4 Å². The van der Waals surface area contributed by atoms with Gasteiger partial charge in [0.1, 0.15) is 0 Å². The summed E-state index contributed by atoms with van der Waals surface area (Å²) in [5, 5.41) is 8.29. The molecule has 1 aromatic carbocycles. The minimum atomic E-state index is 0.0147. The maximum absolute atomic E-state index is 13.5. The Morgan fingerprint density at radius 3 is 2.65 bits per heavy atom. The number of fused-ring (bicyclic) bond motifs is 1. The number of amides is 2. The number of carbonyl (C=O) groups is 2. The Morgan fingerprint density at radius 1 is 1.02 bits per heavy atom. The zero-order valence-electron chi connectivity index (χ0n) is 23.0. The molecule has 10 heteroatoms. The third-order valence-corrected chi connectivity index (χ3v) is 7.24. The van der Waals surface area contributed by atoms with Crippen LogP contribution in [0.1, 0.15) is 68.9 Å². The van der Waals surface area contributed by atoms with Gasteiger partial charge in [0.25, 0.3) is 0 Å². The van der Waals surface area contributed by atoms with Crippen LogP contribution in [-0.4, -0.2) is 49.7 Å². The van der Waals surface area contributed by atoms with Crippen LogP contribution in [0.15, 0.2) is 64.0 Å². The van der Waals surface area contributed by atoms with Crippen LogP contribution >= 0.6 is 0 Å². The molecule has 0 spiro atoms. The Bertz CT molecular complexity index is 1380. The number of benzene rings is 1. The van der Waals surface area contributed by atoms with Crippen LogP contribution in [0, 0.1) is 0 Å². The maximum Gasteiger partial charge on any atom is 0.238 e. The van der Waals surface area contributed by atoms with Crippen LogP contribution in [0.4, 0.5) is 5.69 Å². The number of carbonyl (C=O) groups excluding carboxylic acids is 2. The van der Waals surface area contributed by atoms with Crippen molar-refractivity contribution in [2.24, 2.45) is 0 Å². The van der Waals surface area contributed by atoms with Gasteiger partial charge in [-0.3, -0.25) is 14.3 Å². The lowest BCUT2D eigenvalue weighted by atomic mass is 10.0. The van der Waals surface area contributed by atoms with Gasteiger partial charge in [0, 0.05) is 57.5 Å². The molecule has 0 aliphatic carbocycles. The van der Waals surface area contributed by atoms with Crippen molar-refractivity contribution in [3.8, 4) is 11.6 Å². The van der Waals surface area contributed by atoms with E-state index in [1.54, 1.807) is 31.5 Å². The minimum absolute atomic E-state index is 0.0147. The number of hydrogen-bond donors (Lipinski definition) is 0. The SMILES string of the molecule is CC(=O)N1CCCCCCCN(C(=O)CCCc2nc(-c3ccco3)no2)Cc2ccc(Cn3cccn3)cc21. The number of anilines is 1. The number of furan rings is 1. The van der Waals surface area contributed by atoms with Gasteiger partial charge in [-0.05, 0) is 54.7 Å². The van der Waals surface area contributed by atoms with E-state index in [1.807, 2.05) is 26.7 Å². The third-order valence-electron chi connectivity index (χ3n) is 7.24. The molecular weight excluding hydrogens is 508 g/mol. The van der Waals surface area contributed by atoms with Crippen molar-refractivity contribution >= 4 is 17.5 Å². The first-order valence-corrected chi connectivity index (χ1v) is 14.1. The lowest BCUT2D eigenvalue weighted by Gasteiger charge is -2.29. The Kier molecular flexibility index (Phi) is 9.05. The third kappa shape index (κ3) is 7.05. The van der Waals surface area contributed by atoms with E-state index >= 15 is 0 Å². The van der Waals surface area contributed by atoms with E-state index in [-0.39, 0.29) is 11.8 Å². The molecule has 0 bridgehead atoms. The van der Waals surface area contributed by atoms with Crippen molar-refractivity contribution in [2.45, 2.75) is 71.4 Å². The van der Waals surface area contributed by atoms with Crippen LogP contribution in [0.25, 0.3) is 11.6 Å². The van der Waals surface area contributed by atoms with Gasteiger partial charge in [-0.25, -0.2) is 0 Å². The largest absolute Gasteiger partial charge is 0.461 e. The summed E-state index contributed by atoms with van der Waals surface area (Å²) in [6.45, 7) is 4.06. The number of nitrogens with zero attached hydrogens (tertiary/aromatic N) is 6. The number of hydrogen-bond acceptors (Lipinski definition) is 7. The smallest absolute Gasteiger partial charge is 0.238 e. The standard InChI is InChI=1S/C30H36N6O4/c1-23(37)36-18-6-4-2-3-5-16-34(22-25-14-13-24(20-26(25)36)21-35-17-9-15-31-35)29(38)12-7-11-28-32-30(33-40-28)27-10-8-19-39-27/h8-10,13-15,17,19-20H,2-7,11-12,16,18,21-22H2,1H3. The molecule has 0 atom stereocenters. The predicted molar refractivity (Wildman–Crippen MR) is 149 cm³/mol. The lowest BCUT2D eigenvalue weighted by molar-refractivity contribution is -0.132. The fourth-order valence-corrected chi connectivity index (χ4v) is 5.13. The Balaban J connectivity index is 1.30. The van der Waals surface area contributed by atoms with Crippen molar-refractivity contribution in [3.63, 3.8) is 0 Å². The highest BCUT2D eigenvalue weighted by molar-refractivity contribution is 5.92. The summed E-state index contributed by atoms with van der Waals surface area (Å²) in [6, 6.07) is 11.7. The molecule has 2 amide bonds. The fourth-order valence-electron chi connectivity index (χ4n) is 5.13. The van der Waals surface area contributed by atoms with E-state index < -0.39 is 0 Å². The van der Waals surface area contributed by atoms with Crippen LogP contribution in [-0.2, 0) is 29.1 Å². The molecule has 40 heavy (non-hydrogen) atoms. The molecule has 0 saturated carbocycles. The fraction of sp³-hybridized carbons (Fsp3) is 0.433. The predicted octanol–water partition coefficient (Wildman–Crippen LogP) is 5.24. The molecule has 1 aliphatic rings. The van der Waals surface area contributed by atoms with Gasteiger partial charge in [-0.15, -0.1) is 0 Å². The van der Waals surface area contributed by atoms with Crippen molar-refractivity contribution in [1.82, 2.24) is 24.8 Å². The van der Waals surface area contributed by atoms with E-state index in [0.29, 0.717) is 62.9 Å². The van der Waals surface area contributed by atoms with Crippen LogP contribution in [0.5, 0.6) is 0 Å². The summed E-state index contributed by atoms with van der Waals surface area (Å²) in [4.78, 5) is 34.4. The van der Waals surface area contributed by atoms with Gasteiger partial charge in [0.15, 0.2) is 5.76 Å². The molecule has 0 saturated heterocycles. The summed E-state index contributed by atoms with van der Waals surface area (Å²) in [6.07, 6.45) is 11.9. The van der Waals surface area contributed by atoms with Gasteiger partial charge in [0.2, 0.25) is 23.5 Å². The topological polar surface area (TPSA) is 111 Å². The molecule has 1 aliphatic heterocycles. The van der Waals surface area contributed by atoms with E-state index in [1.165, 1.54) is 0 Å². The van der Waals surface area contributed by atoms with Crippen molar-refractivity contribution in [3.05, 3.63) is 72.1 Å². The van der Waals surface area contributed by atoms with E-state index in [9.17, 15) is 9.59 Å². The number of aromatic nitrogens is 4. The molecular formula is C30H36N6O4. The average molecular weight is 545 g/mol. The van der Waals surface area contributed by atoms with Crippen LogP contribution in [0.2, 0.25) is 0 Å². The molecule has 10 nitrogen and oxygen atoms in total. The summed E-state index contributed by atoms with van der Waals surface area (Å²) in [5.41, 5.74) is 2.92. The lowest BCUT2D eigenvalue weighted by Crippen LogP contribution is -2.35. The Morgan fingerprint density at radius 2 is 1.88 bits per heavy atom. The molecule has 0 radical (unpaired) electrons. The van der Waals surface area contributed by atoms with Crippen molar-refractivity contribution in [2.75, 3.05) is 18.0 Å². The van der Waals surface area contributed by atoms with Gasteiger partial charge < -0.3 is 18.7 Å². The Labute approximate surface area is 234 Å². The van der Waals surface area contributed by atoms with Crippen LogP contribution in [0.3, 0.4) is 0 Å². The molecule has 210 valence electrons. The number of aryl methyl sites for hydroxylation is 1. The van der Waals surface area contributed by atoms with Crippen LogP contribution < -0.4 is 4.90 Å². The zero-order valence-corrected chi connectivity index (χ0v) is 23.0. The molecule has 4 aromatic rings. The zero-order chi connectivity index (χ0) is 27.7. The molecule has 5 rings (SSSR count). The summed E-state index contributed by atoms with van der Waals surface area (Å²) in [5.74, 6) is 1.55. The van der Waals surface area contributed by atoms with Gasteiger partial charge in [-0.1, -0.05) is 36.6 Å². The highest BCUT2D eigenvalue weighted by atomic mass is 16.5. The van der Waals surface area contributed by atoms with E-state index in [4.69, 9.17) is 8.94 Å². The first-order valence-electron chi connectivity index (χ1n) is 14.1. The highest BCUT2D eigenvalue weighted by Gasteiger charge is 2.21. The second-order valence-corrected chi connectivity index (χ2v) is 10.3. The summed E-state index contributed by atoms with van der Waals surface area (Å²) in [7, 11) is 0. The van der Waals surface area contributed by atoms with Gasteiger partial charge >= 0.3 is 0 Å². The quantitative estimate of drug-likeness (QED) is 0.313. The van der Waals surface area contributed by atoms with Gasteiger partial charge in [-0.2, -0.15) is 10.1 Å². The van der Waals surface area contributed by atoms with Crippen molar-refractivity contribution in [1.29, 1.82) is 0 Å². The molecule has 0 fully saturated rings. The monoisotopic (exact) mass is 544 g/mol. The second-order valence-electron chi connectivity index (χ2n) is 10.3. The first-order chi connectivity index (χ1) is 19.6. The number of rotatable bonds is 7. The van der Waals surface area contributed by atoms with E-state index in [0.717, 1.165) is 48.9 Å². The summed E-state index contributed by atoms with van der Waals surface area (Å²) >= 11 is 0. The van der Waals surface area contributed by atoms with Crippen molar-refractivity contribution < 1.29 is 18.5 Å². The summed E-state index contributed by atoms with van der Waals surface area (Å²) < 4.78 is 12.5. The highest BCUT2D eigenvalue weighted by Crippen LogP contribution is 2.27. The molecule has 0 N–H and O–H groups in total. The van der Waals surface area contributed by atoms with Gasteiger partial charge in [0.05, 0.1) is 12.8 Å². The molecule has 0 unspecified atom stereocenters. The first kappa shape index (κ1) is 27.4.